The second kappa shape index (κ2) is 5.44. The largest absolute Gasteiger partial charge is 0.265 e. The number of rotatable bonds is 3. The number of hydrogen-bond acceptors (Lipinski definition) is 1. The first-order valence-corrected chi connectivity index (χ1v) is 6.00. The van der Waals surface area contributed by atoms with Gasteiger partial charge in [0, 0.05) is 18.0 Å². The maximum atomic E-state index is 13.9. The number of pyridine rings is 1. The third-order valence-corrected chi connectivity index (χ3v) is 3.17. The summed E-state index contributed by atoms with van der Waals surface area (Å²) >= 11 is 6.12. The molecule has 0 radical (unpaired) electrons. The molecule has 0 aliphatic rings. The molecular weight excluding hydrogens is 256 g/mol. The van der Waals surface area contributed by atoms with Crippen LogP contribution in [0.5, 0.6) is 0 Å². The number of halogens is 3. The molecule has 1 aromatic heterocycles. The van der Waals surface area contributed by atoms with E-state index in [1.165, 1.54) is 12.1 Å². The summed E-state index contributed by atoms with van der Waals surface area (Å²) in [4.78, 5) is 3.88. The maximum absolute atomic E-state index is 13.9. The smallest absolute Gasteiger partial charge is 0.133 e. The van der Waals surface area contributed by atoms with Crippen molar-refractivity contribution in [2.75, 3.05) is 0 Å². The SMILES string of the molecule is Cc1ccc(F)c(C(Cl)Cc2ccncc2)c1F. The predicted octanol–water partition coefficient (Wildman–Crippen LogP) is 4.19. The van der Waals surface area contributed by atoms with E-state index in [2.05, 4.69) is 4.98 Å². The van der Waals surface area contributed by atoms with Gasteiger partial charge in [-0.2, -0.15) is 0 Å². The van der Waals surface area contributed by atoms with Crippen LogP contribution in [-0.2, 0) is 6.42 Å². The Labute approximate surface area is 109 Å². The lowest BCUT2D eigenvalue weighted by molar-refractivity contribution is 0.545. The van der Waals surface area contributed by atoms with Gasteiger partial charge in [0.2, 0.25) is 0 Å². The molecule has 1 aromatic carbocycles. The molecule has 0 aliphatic heterocycles. The summed E-state index contributed by atoms with van der Waals surface area (Å²) in [6, 6.07) is 6.21. The molecule has 1 atom stereocenters. The Hall–Kier alpha value is -1.48. The Kier molecular flexibility index (Phi) is 3.92. The highest BCUT2D eigenvalue weighted by atomic mass is 35.5. The van der Waals surface area contributed by atoms with Crippen molar-refractivity contribution in [1.29, 1.82) is 0 Å². The van der Waals surface area contributed by atoms with E-state index in [-0.39, 0.29) is 5.56 Å². The van der Waals surface area contributed by atoms with Gasteiger partial charge in [0.25, 0.3) is 0 Å². The molecule has 0 fully saturated rings. The predicted molar refractivity (Wildman–Crippen MR) is 67.6 cm³/mol. The van der Waals surface area contributed by atoms with Gasteiger partial charge in [0.1, 0.15) is 11.6 Å². The van der Waals surface area contributed by atoms with E-state index in [1.807, 2.05) is 0 Å². The first-order valence-electron chi connectivity index (χ1n) is 5.57. The zero-order valence-corrected chi connectivity index (χ0v) is 10.6. The van der Waals surface area contributed by atoms with E-state index in [9.17, 15) is 8.78 Å². The van der Waals surface area contributed by atoms with Gasteiger partial charge < -0.3 is 0 Å². The first kappa shape index (κ1) is 13.0. The molecule has 0 amide bonds. The molecule has 1 heterocycles. The number of aromatic nitrogens is 1. The third-order valence-electron chi connectivity index (χ3n) is 2.80. The van der Waals surface area contributed by atoms with Crippen LogP contribution in [0.15, 0.2) is 36.7 Å². The van der Waals surface area contributed by atoms with Crippen molar-refractivity contribution in [3.8, 4) is 0 Å². The lowest BCUT2D eigenvalue weighted by Crippen LogP contribution is -2.04. The molecule has 4 heteroatoms. The van der Waals surface area contributed by atoms with Gasteiger partial charge in [-0.15, -0.1) is 11.6 Å². The average Bonchev–Trinajstić information content (AvgIpc) is 2.36. The van der Waals surface area contributed by atoms with Crippen molar-refractivity contribution >= 4 is 11.6 Å². The Balaban J connectivity index is 2.29. The molecule has 1 nitrogen and oxygen atoms in total. The van der Waals surface area contributed by atoms with Crippen molar-refractivity contribution in [3.63, 3.8) is 0 Å². The van der Waals surface area contributed by atoms with Crippen LogP contribution >= 0.6 is 11.6 Å². The number of hydrogen-bond donors (Lipinski definition) is 0. The van der Waals surface area contributed by atoms with E-state index in [4.69, 9.17) is 11.6 Å². The summed E-state index contributed by atoms with van der Waals surface area (Å²) in [5, 5.41) is -0.729. The van der Waals surface area contributed by atoms with Crippen LogP contribution < -0.4 is 0 Å². The number of nitrogens with zero attached hydrogens (tertiary/aromatic N) is 1. The van der Waals surface area contributed by atoms with E-state index >= 15 is 0 Å². The van der Waals surface area contributed by atoms with Gasteiger partial charge in [0.05, 0.1) is 5.38 Å². The Morgan fingerprint density at radius 1 is 1.17 bits per heavy atom. The van der Waals surface area contributed by atoms with Gasteiger partial charge in [-0.25, -0.2) is 8.78 Å². The van der Waals surface area contributed by atoms with E-state index < -0.39 is 17.0 Å². The molecule has 0 saturated carbocycles. The zero-order chi connectivity index (χ0) is 13.1. The minimum Gasteiger partial charge on any atom is -0.265 e. The molecule has 0 bridgehead atoms. The highest BCUT2D eigenvalue weighted by Crippen LogP contribution is 2.30. The average molecular weight is 268 g/mol. The summed E-state index contributed by atoms with van der Waals surface area (Å²) in [6.45, 7) is 1.59. The van der Waals surface area contributed by atoms with Gasteiger partial charge in [-0.05, 0) is 42.7 Å². The normalized spacial score (nSPS) is 12.4. The summed E-state index contributed by atoms with van der Waals surface area (Å²) in [5.74, 6) is -1.17. The van der Waals surface area contributed by atoms with Crippen LogP contribution in [0.3, 0.4) is 0 Å². The highest BCUT2D eigenvalue weighted by Gasteiger charge is 2.19. The highest BCUT2D eigenvalue weighted by molar-refractivity contribution is 6.21. The van der Waals surface area contributed by atoms with Crippen molar-refractivity contribution in [2.24, 2.45) is 0 Å². The Bertz CT molecular complexity index is 543. The van der Waals surface area contributed by atoms with Crippen molar-refractivity contribution in [1.82, 2.24) is 4.98 Å². The zero-order valence-electron chi connectivity index (χ0n) is 9.83. The molecule has 0 N–H and O–H groups in total. The fourth-order valence-corrected chi connectivity index (χ4v) is 2.17. The number of aryl methyl sites for hydroxylation is 1. The quantitative estimate of drug-likeness (QED) is 0.760. The van der Waals surface area contributed by atoms with Crippen LogP contribution in [0, 0.1) is 18.6 Å². The number of alkyl halides is 1. The molecule has 18 heavy (non-hydrogen) atoms. The van der Waals surface area contributed by atoms with Crippen LogP contribution in [0.2, 0.25) is 0 Å². The van der Waals surface area contributed by atoms with E-state index in [0.29, 0.717) is 12.0 Å². The maximum Gasteiger partial charge on any atom is 0.133 e. The number of benzene rings is 1. The molecule has 0 spiro atoms. The summed E-state index contributed by atoms with van der Waals surface area (Å²) < 4.78 is 27.5. The molecular formula is C14H12ClF2N. The minimum atomic E-state index is -0.729. The molecule has 94 valence electrons. The molecule has 2 rings (SSSR count). The van der Waals surface area contributed by atoms with Crippen molar-refractivity contribution in [3.05, 3.63) is 65.0 Å². The van der Waals surface area contributed by atoms with Crippen LogP contribution in [0.4, 0.5) is 8.78 Å². The molecule has 0 aliphatic carbocycles. The summed E-state index contributed by atoms with van der Waals surface area (Å²) in [6.07, 6.45) is 3.62. The monoisotopic (exact) mass is 267 g/mol. The molecule has 2 aromatic rings. The molecule has 0 saturated heterocycles. The van der Waals surface area contributed by atoms with Crippen LogP contribution in [-0.4, -0.2) is 4.98 Å². The van der Waals surface area contributed by atoms with E-state index in [1.54, 1.807) is 31.5 Å². The lowest BCUT2D eigenvalue weighted by Gasteiger charge is -2.13. The van der Waals surface area contributed by atoms with Crippen molar-refractivity contribution < 1.29 is 8.78 Å². The second-order valence-corrected chi connectivity index (χ2v) is 4.65. The van der Waals surface area contributed by atoms with E-state index in [0.717, 1.165) is 5.56 Å². The van der Waals surface area contributed by atoms with Gasteiger partial charge in [-0.1, -0.05) is 6.07 Å². The third kappa shape index (κ3) is 2.67. The fourth-order valence-electron chi connectivity index (χ4n) is 1.79. The standard InChI is InChI=1S/C14H12ClF2N/c1-9-2-3-12(16)13(14(9)17)11(15)8-10-4-6-18-7-5-10/h2-7,11H,8H2,1H3. The minimum absolute atomic E-state index is 0.0616. The second-order valence-electron chi connectivity index (χ2n) is 4.12. The van der Waals surface area contributed by atoms with Crippen molar-refractivity contribution in [2.45, 2.75) is 18.7 Å². The fraction of sp³-hybridized carbons (Fsp3) is 0.214. The molecule has 1 unspecified atom stereocenters. The lowest BCUT2D eigenvalue weighted by atomic mass is 10.0. The van der Waals surface area contributed by atoms with Gasteiger partial charge in [0.15, 0.2) is 0 Å². The van der Waals surface area contributed by atoms with Gasteiger partial charge >= 0.3 is 0 Å². The first-order chi connectivity index (χ1) is 8.59. The topological polar surface area (TPSA) is 12.9 Å². The Morgan fingerprint density at radius 3 is 2.50 bits per heavy atom. The Morgan fingerprint density at radius 2 is 1.83 bits per heavy atom. The van der Waals surface area contributed by atoms with Gasteiger partial charge in [-0.3, -0.25) is 4.98 Å². The van der Waals surface area contributed by atoms with Crippen LogP contribution in [0.25, 0.3) is 0 Å². The summed E-state index contributed by atoms with van der Waals surface area (Å²) in [5.41, 5.74) is 1.23. The summed E-state index contributed by atoms with van der Waals surface area (Å²) in [7, 11) is 0. The van der Waals surface area contributed by atoms with Crippen LogP contribution in [0.1, 0.15) is 22.1 Å².